The fourth-order valence-corrected chi connectivity index (χ4v) is 2.67. The summed E-state index contributed by atoms with van der Waals surface area (Å²) in [6.45, 7) is 1.63. The van der Waals surface area contributed by atoms with Crippen molar-refractivity contribution in [2.45, 2.75) is 44.7 Å². The second-order valence-electron chi connectivity index (χ2n) is 6.01. The van der Waals surface area contributed by atoms with E-state index in [4.69, 9.17) is 10.8 Å². The molecule has 1 unspecified atom stereocenters. The molecule has 1 heterocycles. The zero-order valence-electron chi connectivity index (χ0n) is 13.4. The second-order valence-corrected chi connectivity index (χ2v) is 6.01. The Morgan fingerprint density at radius 3 is 2.71 bits per heavy atom. The Labute approximate surface area is 139 Å². The van der Waals surface area contributed by atoms with Crippen LogP contribution in [-0.4, -0.2) is 44.6 Å². The van der Waals surface area contributed by atoms with E-state index in [2.05, 4.69) is 20.6 Å². The van der Waals surface area contributed by atoms with E-state index in [-0.39, 0.29) is 48.0 Å². The zero-order valence-corrected chi connectivity index (χ0v) is 13.4. The first-order chi connectivity index (χ1) is 11.4. The zero-order chi connectivity index (χ0) is 17.7. The molecule has 1 amide bonds. The molecule has 5 N–H and O–H groups in total. The van der Waals surface area contributed by atoms with Gasteiger partial charge in [0.25, 0.3) is 0 Å². The minimum atomic E-state index is -0.545. The summed E-state index contributed by atoms with van der Waals surface area (Å²) in [4.78, 5) is 29.9. The first kappa shape index (κ1) is 17.9. The molecule has 10 heteroatoms. The van der Waals surface area contributed by atoms with Gasteiger partial charge in [-0.05, 0) is 32.6 Å². The highest BCUT2D eigenvalue weighted by atomic mass is 16.6. The number of amides is 1. The highest BCUT2D eigenvalue weighted by Crippen LogP contribution is 2.29. The fourth-order valence-electron chi connectivity index (χ4n) is 2.67. The smallest absolute Gasteiger partial charge is 0.329 e. The minimum Gasteiger partial charge on any atom is -0.394 e. The van der Waals surface area contributed by atoms with Gasteiger partial charge in [-0.2, -0.15) is 4.98 Å². The van der Waals surface area contributed by atoms with E-state index in [1.807, 2.05) is 0 Å². The molecule has 1 aromatic rings. The molecule has 0 radical (unpaired) electrons. The van der Waals surface area contributed by atoms with E-state index in [9.17, 15) is 14.9 Å². The predicted octanol–water partition coefficient (Wildman–Crippen LogP) is 0.633. The maximum absolute atomic E-state index is 11.2. The monoisotopic (exact) mass is 338 g/mol. The lowest BCUT2D eigenvalue weighted by molar-refractivity contribution is -0.384. The highest BCUT2D eigenvalue weighted by Gasteiger charge is 2.27. The highest BCUT2D eigenvalue weighted by molar-refractivity contribution is 5.76. The van der Waals surface area contributed by atoms with Crippen LogP contribution < -0.4 is 16.4 Å². The van der Waals surface area contributed by atoms with Gasteiger partial charge in [-0.3, -0.25) is 14.9 Å². The molecule has 1 atom stereocenters. The molecule has 0 spiro atoms. The molecule has 132 valence electrons. The Morgan fingerprint density at radius 2 is 2.17 bits per heavy atom. The second kappa shape index (κ2) is 7.86. The standard InChI is InChI=1S/C14H22N6O4/c1-8(7-21)17-14-16-6-11(20(23)24)13(19-14)18-10-4-2-9(3-5-10)12(15)22/h6,8-10,21H,2-5,7H2,1H3,(H2,15,22)(H2,16,17,18,19). The third kappa shape index (κ3) is 4.51. The van der Waals surface area contributed by atoms with E-state index < -0.39 is 4.92 Å². The van der Waals surface area contributed by atoms with Crippen LogP contribution in [-0.2, 0) is 4.79 Å². The van der Waals surface area contributed by atoms with E-state index in [1.165, 1.54) is 0 Å². The largest absolute Gasteiger partial charge is 0.394 e. The minimum absolute atomic E-state index is 0.0164. The number of aliphatic hydroxyl groups is 1. The van der Waals surface area contributed by atoms with Crippen molar-refractivity contribution in [2.75, 3.05) is 17.2 Å². The van der Waals surface area contributed by atoms with Gasteiger partial charge in [0.2, 0.25) is 17.7 Å². The molecule has 1 aliphatic rings. The molecular weight excluding hydrogens is 316 g/mol. The van der Waals surface area contributed by atoms with Gasteiger partial charge >= 0.3 is 5.69 Å². The molecule has 0 saturated heterocycles. The van der Waals surface area contributed by atoms with E-state index >= 15 is 0 Å². The van der Waals surface area contributed by atoms with Crippen LogP contribution in [0, 0.1) is 16.0 Å². The molecule has 1 saturated carbocycles. The lowest BCUT2D eigenvalue weighted by Crippen LogP contribution is -2.33. The first-order valence-corrected chi connectivity index (χ1v) is 7.85. The normalized spacial score (nSPS) is 21.8. The van der Waals surface area contributed by atoms with Crippen molar-refractivity contribution in [3.05, 3.63) is 16.3 Å². The van der Waals surface area contributed by atoms with Crippen LogP contribution >= 0.6 is 0 Å². The number of aliphatic hydroxyl groups excluding tert-OH is 1. The van der Waals surface area contributed by atoms with E-state index in [0.29, 0.717) is 25.7 Å². The quantitative estimate of drug-likeness (QED) is 0.416. The molecule has 1 fully saturated rings. The number of nitrogens with one attached hydrogen (secondary N) is 2. The van der Waals surface area contributed by atoms with Gasteiger partial charge in [0, 0.05) is 18.0 Å². The molecule has 0 aliphatic heterocycles. The summed E-state index contributed by atoms with van der Waals surface area (Å²) in [5.74, 6) is -0.0994. The number of carbonyl (C=O) groups is 1. The van der Waals surface area contributed by atoms with Crippen molar-refractivity contribution in [3.8, 4) is 0 Å². The third-order valence-corrected chi connectivity index (χ3v) is 4.09. The van der Waals surface area contributed by atoms with Gasteiger partial charge in [0.15, 0.2) is 0 Å². The maximum atomic E-state index is 11.2. The summed E-state index contributed by atoms with van der Waals surface area (Å²) >= 11 is 0. The number of rotatable bonds is 7. The van der Waals surface area contributed by atoms with Crippen molar-refractivity contribution in [2.24, 2.45) is 11.7 Å². The number of aromatic nitrogens is 2. The van der Waals surface area contributed by atoms with Crippen molar-refractivity contribution in [1.82, 2.24) is 9.97 Å². The molecule has 10 nitrogen and oxygen atoms in total. The van der Waals surface area contributed by atoms with Crippen molar-refractivity contribution in [3.63, 3.8) is 0 Å². The van der Waals surface area contributed by atoms with Gasteiger partial charge in [-0.25, -0.2) is 4.98 Å². The molecule has 0 aromatic carbocycles. The van der Waals surface area contributed by atoms with Crippen LogP contribution in [0.4, 0.5) is 17.5 Å². The lowest BCUT2D eigenvalue weighted by Gasteiger charge is -2.27. The van der Waals surface area contributed by atoms with E-state index in [0.717, 1.165) is 6.20 Å². The Kier molecular flexibility index (Phi) is 5.85. The van der Waals surface area contributed by atoms with Crippen molar-refractivity contribution < 1.29 is 14.8 Å². The lowest BCUT2D eigenvalue weighted by atomic mass is 9.85. The summed E-state index contributed by atoms with van der Waals surface area (Å²) in [6.07, 6.45) is 3.81. The summed E-state index contributed by atoms with van der Waals surface area (Å²) in [5, 5.41) is 26.2. The summed E-state index contributed by atoms with van der Waals surface area (Å²) < 4.78 is 0. The van der Waals surface area contributed by atoms with Gasteiger partial charge in [-0.1, -0.05) is 0 Å². The average molecular weight is 338 g/mol. The number of carbonyl (C=O) groups excluding carboxylic acids is 1. The molecule has 2 rings (SSSR count). The summed E-state index contributed by atoms with van der Waals surface area (Å²) in [6, 6.07) is -0.289. The number of nitrogens with two attached hydrogens (primary N) is 1. The predicted molar refractivity (Wildman–Crippen MR) is 87.4 cm³/mol. The number of hydrogen-bond donors (Lipinski definition) is 4. The van der Waals surface area contributed by atoms with Crippen LogP contribution in [0.3, 0.4) is 0 Å². The third-order valence-electron chi connectivity index (χ3n) is 4.09. The Bertz CT molecular complexity index is 603. The molecule has 24 heavy (non-hydrogen) atoms. The number of hydrogen-bond acceptors (Lipinski definition) is 8. The molecule has 1 aromatic heterocycles. The summed E-state index contributed by atoms with van der Waals surface area (Å²) in [5.41, 5.74) is 5.10. The first-order valence-electron chi connectivity index (χ1n) is 7.85. The average Bonchev–Trinajstić information content (AvgIpc) is 2.55. The number of nitro groups is 1. The molecular formula is C14H22N6O4. The Balaban J connectivity index is 2.10. The SMILES string of the molecule is CC(CO)Nc1ncc([N+](=O)[O-])c(NC2CCC(C(N)=O)CC2)n1. The maximum Gasteiger partial charge on any atom is 0.329 e. The van der Waals surface area contributed by atoms with Gasteiger partial charge in [-0.15, -0.1) is 0 Å². The Morgan fingerprint density at radius 1 is 1.50 bits per heavy atom. The van der Waals surface area contributed by atoms with Crippen molar-refractivity contribution in [1.29, 1.82) is 0 Å². The molecule has 1 aliphatic carbocycles. The number of nitrogens with zero attached hydrogens (tertiary/aromatic N) is 3. The topological polar surface area (TPSA) is 156 Å². The van der Waals surface area contributed by atoms with Gasteiger partial charge in [0.1, 0.15) is 6.20 Å². The summed E-state index contributed by atoms with van der Waals surface area (Å²) in [7, 11) is 0. The van der Waals surface area contributed by atoms with Crippen LogP contribution in [0.1, 0.15) is 32.6 Å². The van der Waals surface area contributed by atoms with E-state index in [1.54, 1.807) is 6.92 Å². The molecule has 0 bridgehead atoms. The van der Waals surface area contributed by atoms with Crippen LogP contribution in [0.2, 0.25) is 0 Å². The van der Waals surface area contributed by atoms with Gasteiger partial charge in [0.05, 0.1) is 11.5 Å². The van der Waals surface area contributed by atoms with Crippen molar-refractivity contribution >= 4 is 23.4 Å². The fraction of sp³-hybridized carbons (Fsp3) is 0.643. The van der Waals surface area contributed by atoms with Crippen LogP contribution in [0.15, 0.2) is 6.20 Å². The van der Waals surface area contributed by atoms with Crippen LogP contribution in [0.25, 0.3) is 0 Å². The number of anilines is 2. The number of primary amides is 1. The van der Waals surface area contributed by atoms with Gasteiger partial charge < -0.3 is 21.5 Å². The Hall–Kier alpha value is -2.49. The van der Waals surface area contributed by atoms with Crippen LogP contribution in [0.5, 0.6) is 0 Å².